The fourth-order valence-corrected chi connectivity index (χ4v) is 2.68. The van der Waals surface area contributed by atoms with Crippen LogP contribution in [-0.4, -0.2) is 35.5 Å². The van der Waals surface area contributed by atoms with Gasteiger partial charge in [-0.15, -0.1) is 0 Å². The minimum Gasteiger partial charge on any atom is -0.489 e. The van der Waals surface area contributed by atoms with Crippen LogP contribution < -0.4 is 9.47 Å². The van der Waals surface area contributed by atoms with E-state index in [-0.39, 0.29) is 0 Å². The van der Waals surface area contributed by atoms with E-state index in [2.05, 4.69) is 15.2 Å². The number of benzene rings is 1. The van der Waals surface area contributed by atoms with Gasteiger partial charge < -0.3 is 9.47 Å². The van der Waals surface area contributed by atoms with E-state index in [0.29, 0.717) is 42.8 Å². The molecule has 1 aliphatic rings. The molecule has 0 saturated heterocycles. The van der Waals surface area contributed by atoms with Crippen molar-refractivity contribution in [3.8, 4) is 11.5 Å². The van der Waals surface area contributed by atoms with Crippen LogP contribution in [0.5, 0.6) is 11.5 Å². The van der Waals surface area contributed by atoms with Gasteiger partial charge in [-0.3, -0.25) is 4.90 Å². The van der Waals surface area contributed by atoms with Gasteiger partial charge in [0.1, 0.15) is 11.4 Å². The third-order valence-corrected chi connectivity index (χ3v) is 3.76. The molecule has 7 heteroatoms. The van der Waals surface area contributed by atoms with Crippen molar-refractivity contribution in [2.24, 2.45) is 0 Å². The Morgan fingerprint density at radius 3 is 2.77 bits per heavy atom. The quantitative estimate of drug-likeness (QED) is 0.862. The molecule has 0 atom stereocenters. The van der Waals surface area contributed by atoms with Crippen LogP contribution in [0.4, 0.5) is 0 Å². The maximum atomic E-state index is 6.31. The zero-order chi connectivity index (χ0) is 15.5. The van der Waals surface area contributed by atoms with Crippen LogP contribution in [0.1, 0.15) is 23.4 Å². The van der Waals surface area contributed by atoms with Gasteiger partial charge in [0.05, 0.1) is 18.2 Å². The fraction of sp³-hybridized carbons (Fsp3) is 0.467. The Morgan fingerprint density at radius 1 is 1.18 bits per heavy atom. The Morgan fingerprint density at radius 2 is 2.00 bits per heavy atom. The zero-order valence-electron chi connectivity index (χ0n) is 12.6. The topological polar surface area (TPSA) is 60.6 Å². The van der Waals surface area contributed by atoms with E-state index in [4.69, 9.17) is 25.7 Å². The third kappa shape index (κ3) is 3.34. The Balaban J connectivity index is 1.73. The highest BCUT2D eigenvalue weighted by atomic mass is 35.5. The summed E-state index contributed by atoms with van der Waals surface area (Å²) in [6.07, 6.45) is 0.860. The molecule has 118 valence electrons. The van der Waals surface area contributed by atoms with Gasteiger partial charge in [-0.2, -0.15) is 0 Å². The molecular weight excluding hydrogens is 306 g/mol. The molecule has 2 heterocycles. The molecule has 0 fully saturated rings. The molecule has 0 radical (unpaired) electrons. The van der Waals surface area contributed by atoms with E-state index in [0.717, 1.165) is 23.4 Å². The van der Waals surface area contributed by atoms with Gasteiger partial charge in [0.2, 0.25) is 0 Å². The molecule has 3 rings (SSSR count). The van der Waals surface area contributed by atoms with Gasteiger partial charge in [0, 0.05) is 19.5 Å². The molecule has 22 heavy (non-hydrogen) atoms. The third-order valence-electron chi connectivity index (χ3n) is 3.48. The first-order chi connectivity index (χ1) is 10.6. The monoisotopic (exact) mass is 323 g/mol. The van der Waals surface area contributed by atoms with Crippen LogP contribution in [0, 0.1) is 6.92 Å². The van der Waals surface area contributed by atoms with Crippen molar-refractivity contribution in [1.29, 1.82) is 0 Å². The summed E-state index contributed by atoms with van der Waals surface area (Å²) in [6, 6.07) is 3.90. The molecule has 2 aromatic rings. The molecule has 1 aromatic heterocycles. The second-order valence-corrected chi connectivity index (χ2v) is 5.83. The number of aromatic nitrogens is 2. The number of fused-ring (bicyclic) bond motifs is 1. The highest BCUT2D eigenvalue weighted by Gasteiger charge is 2.17. The first-order valence-corrected chi connectivity index (χ1v) is 7.56. The molecule has 0 spiro atoms. The Bertz CT molecular complexity index is 659. The average Bonchev–Trinajstić information content (AvgIpc) is 2.74. The SMILES string of the molecule is Cc1nonc1CN(C)Cc1cc(Cl)c2c(c1)OCCCO2. The molecule has 0 aliphatic carbocycles. The highest BCUT2D eigenvalue weighted by molar-refractivity contribution is 6.32. The summed E-state index contributed by atoms with van der Waals surface area (Å²) in [7, 11) is 2.01. The number of rotatable bonds is 4. The standard InChI is InChI=1S/C15H18ClN3O3/c1-10-13(18-22-17-10)9-19(2)8-11-6-12(16)15-14(7-11)20-4-3-5-21-15/h6-7H,3-5,8-9H2,1-2H3. The Labute approximate surface area is 133 Å². The maximum absolute atomic E-state index is 6.31. The molecule has 1 aliphatic heterocycles. The van der Waals surface area contributed by atoms with E-state index in [9.17, 15) is 0 Å². The first-order valence-electron chi connectivity index (χ1n) is 7.18. The number of nitrogens with zero attached hydrogens (tertiary/aromatic N) is 3. The minimum atomic E-state index is 0.585. The molecular formula is C15H18ClN3O3. The van der Waals surface area contributed by atoms with Gasteiger partial charge >= 0.3 is 0 Å². The summed E-state index contributed by atoms with van der Waals surface area (Å²) in [5, 5.41) is 8.27. The van der Waals surface area contributed by atoms with Crippen LogP contribution in [0.15, 0.2) is 16.8 Å². The largest absolute Gasteiger partial charge is 0.489 e. The molecule has 0 unspecified atom stereocenters. The normalized spacial score (nSPS) is 14.2. The minimum absolute atomic E-state index is 0.585. The van der Waals surface area contributed by atoms with Crippen LogP contribution >= 0.6 is 11.6 Å². The Kier molecular flexibility index (Phi) is 4.49. The maximum Gasteiger partial charge on any atom is 0.179 e. The van der Waals surface area contributed by atoms with Crippen molar-refractivity contribution >= 4 is 11.6 Å². The molecule has 0 saturated carbocycles. The number of ether oxygens (including phenoxy) is 2. The van der Waals surface area contributed by atoms with Crippen molar-refractivity contribution in [3.63, 3.8) is 0 Å². The Hall–Kier alpha value is -1.79. The summed E-state index contributed by atoms with van der Waals surface area (Å²) < 4.78 is 16.1. The van der Waals surface area contributed by atoms with E-state index >= 15 is 0 Å². The van der Waals surface area contributed by atoms with Crippen molar-refractivity contribution in [3.05, 3.63) is 34.1 Å². The average molecular weight is 324 g/mol. The van der Waals surface area contributed by atoms with Gasteiger partial charge in [-0.05, 0) is 31.7 Å². The predicted molar refractivity (Wildman–Crippen MR) is 81.3 cm³/mol. The smallest absolute Gasteiger partial charge is 0.179 e. The lowest BCUT2D eigenvalue weighted by Gasteiger charge is -2.17. The summed E-state index contributed by atoms with van der Waals surface area (Å²) in [6.45, 7) is 4.52. The van der Waals surface area contributed by atoms with Crippen molar-refractivity contribution < 1.29 is 14.1 Å². The van der Waals surface area contributed by atoms with Gasteiger partial charge in [-0.1, -0.05) is 21.9 Å². The molecule has 0 amide bonds. The lowest BCUT2D eigenvalue weighted by Crippen LogP contribution is -2.18. The molecule has 6 nitrogen and oxygen atoms in total. The van der Waals surface area contributed by atoms with Crippen LogP contribution in [0.3, 0.4) is 0 Å². The van der Waals surface area contributed by atoms with Gasteiger partial charge in [0.15, 0.2) is 11.5 Å². The van der Waals surface area contributed by atoms with E-state index in [1.807, 2.05) is 26.1 Å². The lowest BCUT2D eigenvalue weighted by molar-refractivity contribution is 0.278. The summed E-state index contributed by atoms with van der Waals surface area (Å²) >= 11 is 6.31. The van der Waals surface area contributed by atoms with Crippen LogP contribution in [-0.2, 0) is 13.1 Å². The highest BCUT2D eigenvalue weighted by Crippen LogP contribution is 2.38. The van der Waals surface area contributed by atoms with Crippen LogP contribution in [0.2, 0.25) is 5.02 Å². The van der Waals surface area contributed by atoms with E-state index in [1.54, 1.807) is 0 Å². The predicted octanol–water partition coefficient (Wildman–Crippen LogP) is 2.82. The first kappa shape index (κ1) is 15.1. The lowest BCUT2D eigenvalue weighted by atomic mass is 10.2. The second kappa shape index (κ2) is 6.54. The zero-order valence-corrected chi connectivity index (χ0v) is 13.4. The van der Waals surface area contributed by atoms with E-state index in [1.165, 1.54) is 0 Å². The van der Waals surface area contributed by atoms with E-state index < -0.39 is 0 Å². The fourth-order valence-electron chi connectivity index (χ4n) is 2.39. The van der Waals surface area contributed by atoms with Gasteiger partial charge in [0.25, 0.3) is 0 Å². The summed E-state index contributed by atoms with van der Waals surface area (Å²) in [5.74, 6) is 1.36. The van der Waals surface area contributed by atoms with Crippen molar-refractivity contribution in [1.82, 2.24) is 15.2 Å². The number of halogens is 1. The molecule has 0 bridgehead atoms. The summed E-state index contributed by atoms with van der Waals surface area (Å²) in [4.78, 5) is 2.11. The molecule has 0 N–H and O–H groups in total. The second-order valence-electron chi connectivity index (χ2n) is 5.42. The number of aryl methyl sites for hydroxylation is 1. The molecule has 1 aromatic carbocycles. The van der Waals surface area contributed by atoms with Gasteiger partial charge in [-0.25, -0.2) is 4.63 Å². The number of hydrogen-bond acceptors (Lipinski definition) is 6. The van der Waals surface area contributed by atoms with Crippen molar-refractivity contribution in [2.75, 3.05) is 20.3 Å². The number of hydrogen-bond donors (Lipinski definition) is 0. The van der Waals surface area contributed by atoms with Crippen molar-refractivity contribution in [2.45, 2.75) is 26.4 Å². The summed E-state index contributed by atoms with van der Waals surface area (Å²) in [5.41, 5.74) is 2.71. The van der Waals surface area contributed by atoms with Crippen LogP contribution in [0.25, 0.3) is 0 Å².